The summed E-state index contributed by atoms with van der Waals surface area (Å²) in [5.74, 6) is -0.240. The molecule has 0 heterocycles. The summed E-state index contributed by atoms with van der Waals surface area (Å²) in [6.07, 6.45) is 2.78. The van der Waals surface area contributed by atoms with Crippen LogP contribution in [-0.2, 0) is 4.79 Å². The van der Waals surface area contributed by atoms with Crippen molar-refractivity contribution in [1.29, 1.82) is 5.26 Å². The average Bonchev–Trinajstić information content (AvgIpc) is 2.35. The second kappa shape index (κ2) is 5.73. The van der Waals surface area contributed by atoms with E-state index in [-0.39, 0.29) is 17.4 Å². The minimum absolute atomic E-state index is 0.0922. The maximum absolute atomic E-state index is 11.4. The molecule has 0 bridgehead atoms. The van der Waals surface area contributed by atoms with Crippen molar-refractivity contribution < 1.29 is 9.72 Å². The van der Waals surface area contributed by atoms with Gasteiger partial charge in [-0.05, 0) is 23.8 Å². The number of carbonyl (C=O) groups is 1. The number of benzene rings is 1. The van der Waals surface area contributed by atoms with Crippen molar-refractivity contribution in [1.82, 2.24) is 0 Å². The Morgan fingerprint density at radius 1 is 1.50 bits per heavy atom. The first-order chi connectivity index (χ1) is 8.45. The monoisotopic (exact) mass is 244 g/mol. The van der Waals surface area contributed by atoms with Gasteiger partial charge in [-0.15, -0.1) is 0 Å². The summed E-state index contributed by atoms with van der Waals surface area (Å²) in [6.45, 7) is 3.51. The molecule has 0 saturated carbocycles. The summed E-state index contributed by atoms with van der Waals surface area (Å²) >= 11 is 0. The zero-order valence-electron chi connectivity index (χ0n) is 10.1. The molecule has 0 atom stereocenters. The van der Waals surface area contributed by atoms with Crippen molar-refractivity contribution in [3.05, 3.63) is 45.5 Å². The lowest BCUT2D eigenvalue weighted by atomic mass is 10.0. The molecule has 0 aliphatic carbocycles. The van der Waals surface area contributed by atoms with Gasteiger partial charge in [-0.3, -0.25) is 14.9 Å². The molecule has 1 rings (SSSR count). The van der Waals surface area contributed by atoms with Gasteiger partial charge >= 0.3 is 0 Å². The Morgan fingerprint density at radius 3 is 2.67 bits per heavy atom. The van der Waals surface area contributed by atoms with Crippen molar-refractivity contribution in [2.24, 2.45) is 5.92 Å². The summed E-state index contributed by atoms with van der Waals surface area (Å²) in [5, 5.41) is 19.5. The normalized spacial score (nSPS) is 10.6. The van der Waals surface area contributed by atoms with Crippen molar-refractivity contribution in [2.45, 2.75) is 13.8 Å². The second-order valence-electron chi connectivity index (χ2n) is 4.03. The molecule has 0 radical (unpaired) electrons. The van der Waals surface area contributed by atoms with Crippen LogP contribution in [0, 0.1) is 27.4 Å². The van der Waals surface area contributed by atoms with Gasteiger partial charge in [-0.2, -0.15) is 5.26 Å². The van der Waals surface area contributed by atoms with Gasteiger partial charge < -0.3 is 0 Å². The predicted octanol–water partition coefficient (Wildman–Crippen LogP) is 2.70. The third-order valence-electron chi connectivity index (χ3n) is 2.36. The SMILES string of the molecule is CC(C)C(=O)C=Cc1cc([N+](=O)[O-])ccc1C#N. The van der Waals surface area contributed by atoms with E-state index in [4.69, 9.17) is 5.26 Å². The van der Waals surface area contributed by atoms with E-state index in [1.165, 1.54) is 30.4 Å². The number of allylic oxidation sites excluding steroid dienone is 1. The molecule has 0 aliphatic rings. The van der Waals surface area contributed by atoms with Gasteiger partial charge in [0.15, 0.2) is 5.78 Å². The third kappa shape index (κ3) is 3.25. The number of carbonyl (C=O) groups excluding carboxylic acids is 1. The van der Waals surface area contributed by atoms with E-state index in [2.05, 4.69) is 0 Å². The van der Waals surface area contributed by atoms with E-state index in [1.807, 2.05) is 6.07 Å². The maximum atomic E-state index is 11.4. The number of hydrogen-bond acceptors (Lipinski definition) is 4. The molecule has 0 spiro atoms. The highest BCUT2D eigenvalue weighted by atomic mass is 16.6. The predicted molar refractivity (Wildman–Crippen MR) is 66.7 cm³/mol. The molecule has 92 valence electrons. The zero-order chi connectivity index (χ0) is 13.7. The van der Waals surface area contributed by atoms with Gasteiger partial charge in [0.1, 0.15) is 0 Å². The zero-order valence-corrected chi connectivity index (χ0v) is 10.1. The first-order valence-corrected chi connectivity index (χ1v) is 5.36. The topological polar surface area (TPSA) is 84.0 Å². The first kappa shape index (κ1) is 13.6. The second-order valence-corrected chi connectivity index (χ2v) is 4.03. The lowest BCUT2D eigenvalue weighted by molar-refractivity contribution is -0.384. The molecule has 5 heteroatoms. The molecule has 5 nitrogen and oxygen atoms in total. The number of nitrogens with zero attached hydrogens (tertiary/aromatic N) is 2. The number of nitro benzene ring substituents is 1. The van der Waals surface area contributed by atoms with Gasteiger partial charge in [0.25, 0.3) is 5.69 Å². The Kier molecular flexibility index (Phi) is 4.33. The van der Waals surface area contributed by atoms with Crippen LogP contribution in [0.15, 0.2) is 24.3 Å². The van der Waals surface area contributed by atoms with Crippen molar-refractivity contribution in [3.8, 4) is 6.07 Å². The molecule has 18 heavy (non-hydrogen) atoms. The van der Waals surface area contributed by atoms with E-state index in [9.17, 15) is 14.9 Å². The van der Waals surface area contributed by atoms with Gasteiger partial charge in [-0.1, -0.05) is 13.8 Å². The molecule has 0 fully saturated rings. The lowest BCUT2D eigenvalue weighted by Gasteiger charge is -1.99. The number of nitriles is 1. The van der Waals surface area contributed by atoms with Crippen LogP contribution in [0.1, 0.15) is 25.0 Å². The van der Waals surface area contributed by atoms with Crippen LogP contribution >= 0.6 is 0 Å². The van der Waals surface area contributed by atoms with E-state index in [0.29, 0.717) is 11.1 Å². The van der Waals surface area contributed by atoms with Crippen LogP contribution in [0.2, 0.25) is 0 Å². The lowest BCUT2D eigenvalue weighted by Crippen LogP contribution is -2.02. The number of ketones is 1. The van der Waals surface area contributed by atoms with Crippen LogP contribution in [0.3, 0.4) is 0 Å². The van der Waals surface area contributed by atoms with Crippen LogP contribution in [0.25, 0.3) is 6.08 Å². The van der Waals surface area contributed by atoms with Crippen LogP contribution in [0.4, 0.5) is 5.69 Å². The van der Waals surface area contributed by atoms with E-state index in [1.54, 1.807) is 13.8 Å². The highest BCUT2D eigenvalue weighted by Gasteiger charge is 2.09. The average molecular weight is 244 g/mol. The number of rotatable bonds is 4. The van der Waals surface area contributed by atoms with E-state index in [0.717, 1.165) is 0 Å². The van der Waals surface area contributed by atoms with Gasteiger partial charge in [0.05, 0.1) is 16.6 Å². The Balaban J connectivity index is 3.14. The van der Waals surface area contributed by atoms with Crippen molar-refractivity contribution in [2.75, 3.05) is 0 Å². The summed E-state index contributed by atoms with van der Waals surface area (Å²) in [4.78, 5) is 21.5. The molecule has 1 aromatic carbocycles. The molecule has 0 amide bonds. The molecular formula is C13H12N2O3. The molecular weight excluding hydrogens is 232 g/mol. The van der Waals surface area contributed by atoms with Gasteiger partial charge in [0, 0.05) is 18.1 Å². The number of hydrogen-bond donors (Lipinski definition) is 0. The van der Waals surface area contributed by atoms with Crippen LogP contribution in [0.5, 0.6) is 0 Å². The standard InChI is InChI=1S/C13H12N2O3/c1-9(2)13(16)6-4-10-7-12(15(17)18)5-3-11(10)8-14/h3-7,9H,1-2H3. The van der Waals surface area contributed by atoms with E-state index < -0.39 is 4.92 Å². The van der Waals surface area contributed by atoms with Crippen LogP contribution < -0.4 is 0 Å². The summed E-state index contributed by atoms with van der Waals surface area (Å²) < 4.78 is 0. The Labute approximate surface area is 105 Å². The fourth-order valence-electron chi connectivity index (χ4n) is 1.27. The maximum Gasteiger partial charge on any atom is 0.270 e. The third-order valence-corrected chi connectivity index (χ3v) is 2.36. The molecule has 0 unspecified atom stereocenters. The Morgan fingerprint density at radius 2 is 2.17 bits per heavy atom. The fourth-order valence-corrected chi connectivity index (χ4v) is 1.27. The molecule has 0 saturated heterocycles. The fraction of sp³-hybridized carbons (Fsp3) is 0.231. The molecule has 1 aromatic rings. The molecule has 0 aromatic heterocycles. The van der Waals surface area contributed by atoms with Crippen molar-refractivity contribution >= 4 is 17.5 Å². The minimum Gasteiger partial charge on any atom is -0.295 e. The summed E-state index contributed by atoms with van der Waals surface area (Å²) in [6, 6.07) is 5.85. The van der Waals surface area contributed by atoms with Gasteiger partial charge in [-0.25, -0.2) is 0 Å². The molecule has 0 N–H and O–H groups in total. The Bertz CT molecular complexity index is 554. The largest absolute Gasteiger partial charge is 0.295 e. The summed E-state index contributed by atoms with van der Waals surface area (Å²) in [7, 11) is 0. The van der Waals surface area contributed by atoms with Gasteiger partial charge in [0.2, 0.25) is 0 Å². The first-order valence-electron chi connectivity index (χ1n) is 5.36. The number of non-ortho nitro benzene ring substituents is 1. The Hall–Kier alpha value is -2.48. The van der Waals surface area contributed by atoms with Crippen molar-refractivity contribution in [3.63, 3.8) is 0 Å². The molecule has 0 aliphatic heterocycles. The highest BCUT2D eigenvalue weighted by molar-refractivity contribution is 5.95. The number of nitro groups is 1. The van der Waals surface area contributed by atoms with Crippen LogP contribution in [-0.4, -0.2) is 10.7 Å². The summed E-state index contributed by atoms with van der Waals surface area (Å²) in [5.41, 5.74) is 0.569. The quantitative estimate of drug-likeness (QED) is 0.463. The smallest absolute Gasteiger partial charge is 0.270 e. The minimum atomic E-state index is -0.539. The highest BCUT2D eigenvalue weighted by Crippen LogP contribution is 2.18. The van der Waals surface area contributed by atoms with E-state index >= 15 is 0 Å².